The predicted octanol–water partition coefficient (Wildman–Crippen LogP) is 2.84. The van der Waals surface area contributed by atoms with Crippen molar-refractivity contribution >= 4 is 11.8 Å². The summed E-state index contributed by atoms with van der Waals surface area (Å²) in [5, 5.41) is 0. The van der Waals surface area contributed by atoms with Crippen LogP contribution in [-0.4, -0.2) is 12.1 Å². The fourth-order valence-electron chi connectivity index (χ4n) is 1.60. The van der Waals surface area contributed by atoms with Crippen molar-refractivity contribution in [1.82, 2.24) is 4.98 Å². The van der Waals surface area contributed by atoms with E-state index in [1.54, 1.807) is 25.1 Å². The van der Waals surface area contributed by atoms with Gasteiger partial charge < -0.3 is 10.5 Å². The molecule has 3 nitrogen and oxygen atoms in total. The second kappa shape index (κ2) is 6.42. The lowest BCUT2D eigenvalue weighted by Crippen LogP contribution is -1.95. The van der Waals surface area contributed by atoms with Crippen LogP contribution in [0.2, 0.25) is 0 Å². The Morgan fingerprint density at radius 2 is 2.00 bits per heavy atom. The third-order valence-corrected chi connectivity index (χ3v) is 3.66. The highest BCUT2D eigenvalue weighted by molar-refractivity contribution is 7.98. The lowest BCUT2D eigenvalue weighted by molar-refractivity contribution is 0.394. The van der Waals surface area contributed by atoms with Gasteiger partial charge in [-0.3, -0.25) is 0 Å². The van der Waals surface area contributed by atoms with Crippen LogP contribution in [0.25, 0.3) is 0 Å². The molecule has 0 radical (unpaired) electrons. The number of ether oxygens (including phenoxy) is 1. The van der Waals surface area contributed by atoms with Crippen molar-refractivity contribution < 1.29 is 4.74 Å². The topological polar surface area (TPSA) is 48.1 Å². The van der Waals surface area contributed by atoms with Gasteiger partial charge in [-0.25, -0.2) is 4.98 Å². The minimum atomic E-state index is 0.585. The van der Waals surface area contributed by atoms with Gasteiger partial charge >= 0.3 is 0 Å². The van der Waals surface area contributed by atoms with E-state index in [1.165, 1.54) is 4.90 Å². The Kier molecular flexibility index (Phi) is 4.61. The lowest BCUT2D eigenvalue weighted by Gasteiger charge is -2.07. The van der Waals surface area contributed by atoms with Crippen molar-refractivity contribution in [1.29, 1.82) is 0 Å². The first-order valence-corrected chi connectivity index (χ1v) is 6.71. The molecule has 1 heterocycles. The fraction of sp³-hybridized carbons (Fsp3) is 0.214. The summed E-state index contributed by atoms with van der Waals surface area (Å²) in [6.45, 7) is 0.585. The molecule has 0 atom stereocenters. The summed E-state index contributed by atoms with van der Waals surface area (Å²) >= 11 is 1.76. The van der Waals surface area contributed by atoms with Gasteiger partial charge in [0.05, 0.1) is 7.11 Å². The predicted molar refractivity (Wildman–Crippen MR) is 74.7 cm³/mol. The molecule has 0 aliphatic rings. The molecule has 0 bridgehead atoms. The molecule has 1 aromatic carbocycles. The molecule has 2 N–H and O–H groups in total. The zero-order valence-electron chi connectivity index (χ0n) is 10.3. The average Bonchev–Trinajstić information content (AvgIpc) is 2.46. The van der Waals surface area contributed by atoms with E-state index in [4.69, 9.17) is 10.5 Å². The van der Waals surface area contributed by atoms with Gasteiger partial charge in [0.2, 0.25) is 5.88 Å². The molecule has 0 spiro atoms. The van der Waals surface area contributed by atoms with Crippen molar-refractivity contribution in [3.63, 3.8) is 0 Å². The van der Waals surface area contributed by atoms with E-state index in [-0.39, 0.29) is 0 Å². The van der Waals surface area contributed by atoms with Crippen LogP contribution >= 0.6 is 11.8 Å². The first kappa shape index (κ1) is 12.9. The molecule has 18 heavy (non-hydrogen) atoms. The highest BCUT2D eigenvalue weighted by atomic mass is 32.2. The van der Waals surface area contributed by atoms with Crippen molar-refractivity contribution in [2.45, 2.75) is 17.2 Å². The molecule has 0 aliphatic heterocycles. The van der Waals surface area contributed by atoms with E-state index < -0.39 is 0 Å². The van der Waals surface area contributed by atoms with Gasteiger partial charge in [0, 0.05) is 29.0 Å². The van der Waals surface area contributed by atoms with Crippen LogP contribution in [0.15, 0.2) is 47.5 Å². The monoisotopic (exact) mass is 260 g/mol. The Morgan fingerprint density at radius 1 is 1.22 bits per heavy atom. The van der Waals surface area contributed by atoms with Crippen molar-refractivity contribution in [2.24, 2.45) is 5.73 Å². The molecule has 4 heteroatoms. The van der Waals surface area contributed by atoms with Crippen LogP contribution in [0.3, 0.4) is 0 Å². The zero-order valence-corrected chi connectivity index (χ0v) is 11.1. The number of nitrogens with zero attached hydrogens (tertiary/aromatic N) is 1. The number of benzene rings is 1. The molecule has 94 valence electrons. The number of thioether (sulfide) groups is 1. The largest absolute Gasteiger partial charge is 0.481 e. The van der Waals surface area contributed by atoms with Crippen LogP contribution in [-0.2, 0) is 12.3 Å². The zero-order chi connectivity index (χ0) is 12.8. The number of nitrogens with two attached hydrogens (primary N) is 1. The summed E-state index contributed by atoms with van der Waals surface area (Å²) in [6.07, 6.45) is 1.74. The van der Waals surface area contributed by atoms with E-state index in [2.05, 4.69) is 29.2 Å². The first-order chi connectivity index (χ1) is 8.83. The summed E-state index contributed by atoms with van der Waals surface area (Å²) in [6, 6.07) is 12.3. The third-order valence-electron chi connectivity index (χ3n) is 2.60. The van der Waals surface area contributed by atoms with Crippen LogP contribution in [0.1, 0.15) is 11.1 Å². The Hall–Kier alpha value is -1.52. The van der Waals surface area contributed by atoms with Crippen LogP contribution in [0.4, 0.5) is 0 Å². The van der Waals surface area contributed by atoms with Gasteiger partial charge in [0.1, 0.15) is 0 Å². The molecule has 0 saturated heterocycles. The molecule has 0 fully saturated rings. The molecular formula is C14H16N2OS. The highest BCUT2D eigenvalue weighted by Crippen LogP contribution is 2.26. The van der Waals surface area contributed by atoms with Crippen molar-refractivity contribution in [2.75, 3.05) is 7.11 Å². The maximum absolute atomic E-state index is 5.57. The van der Waals surface area contributed by atoms with E-state index in [1.807, 2.05) is 12.1 Å². The van der Waals surface area contributed by atoms with Gasteiger partial charge in [0.15, 0.2) is 0 Å². The fourth-order valence-corrected chi connectivity index (χ4v) is 2.47. The number of rotatable bonds is 5. The Bertz CT molecular complexity index is 499. The molecule has 0 amide bonds. The minimum Gasteiger partial charge on any atom is -0.481 e. The SMILES string of the molecule is COc1ncccc1CSc1ccc(CN)cc1. The average molecular weight is 260 g/mol. The quantitative estimate of drug-likeness (QED) is 0.840. The molecule has 2 rings (SSSR count). The number of hydrogen-bond donors (Lipinski definition) is 1. The summed E-state index contributed by atoms with van der Waals surface area (Å²) < 4.78 is 5.23. The van der Waals surface area contributed by atoms with Crippen molar-refractivity contribution in [3.8, 4) is 5.88 Å². The van der Waals surface area contributed by atoms with Crippen LogP contribution < -0.4 is 10.5 Å². The van der Waals surface area contributed by atoms with E-state index in [0.717, 1.165) is 16.9 Å². The maximum Gasteiger partial charge on any atom is 0.217 e. The van der Waals surface area contributed by atoms with Crippen LogP contribution in [0.5, 0.6) is 5.88 Å². The van der Waals surface area contributed by atoms with Gasteiger partial charge in [-0.15, -0.1) is 11.8 Å². The van der Waals surface area contributed by atoms with Crippen molar-refractivity contribution in [3.05, 3.63) is 53.7 Å². The van der Waals surface area contributed by atoms with Crippen LogP contribution in [0, 0.1) is 0 Å². The van der Waals surface area contributed by atoms with Gasteiger partial charge in [0.25, 0.3) is 0 Å². The number of methoxy groups -OCH3 is 1. The van der Waals surface area contributed by atoms with Gasteiger partial charge in [-0.1, -0.05) is 18.2 Å². The molecular weight excluding hydrogens is 244 g/mol. The maximum atomic E-state index is 5.57. The Balaban J connectivity index is 2.02. The molecule has 2 aromatic rings. The Labute approximate surface area is 111 Å². The first-order valence-electron chi connectivity index (χ1n) is 5.73. The number of aromatic nitrogens is 1. The minimum absolute atomic E-state index is 0.585. The standard InChI is InChI=1S/C14H16N2OS/c1-17-14-12(3-2-8-16-14)10-18-13-6-4-11(9-15)5-7-13/h2-8H,9-10,15H2,1H3. The smallest absolute Gasteiger partial charge is 0.217 e. The normalized spacial score (nSPS) is 10.3. The van der Waals surface area contributed by atoms with E-state index in [9.17, 15) is 0 Å². The molecule has 1 aromatic heterocycles. The third kappa shape index (κ3) is 3.24. The molecule has 0 aliphatic carbocycles. The summed E-state index contributed by atoms with van der Waals surface area (Å²) in [4.78, 5) is 5.41. The van der Waals surface area contributed by atoms with E-state index in [0.29, 0.717) is 12.4 Å². The Morgan fingerprint density at radius 3 is 2.67 bits per heavy atom. The number of hydrogen-bond acceptors (Lipinski definition) is 4. The summed E-state index contributed by atoms with van der Waals surface area (Å²) in [7, 11) is 1.65. The van der Waals surface area contributed by atoms with Gasteiger partial charge in [-0.05, 0) is 23.8 Å². The highest BCUT2D eigenvalue weighted by Gasteiger charge is 2.03. The molecule has 0 saturated carbocycles. The van der Waals surface area contributed by atoms with E-state index >= 15 is 0 Å². The lowest BCUT2D eigenvalue weighted by atomic mass is 10.2. The summed E-state index contributed by atoms with van der Waals surface area (Å²) in [5.74, 6) is 1.54. The second-order valence-corrected chi connectivity index (χ2v) is 4.86. The second-order valence-electron chi connectivity index (χ2n) is 3.81. The molecule has 0 unspecified atom stereocenters. The summed E-state index contributed by atoms with van der Waals surface area (Å²) in [5.41, 5.74) is 7.83. The van der Waals surface area contributed by atoms with Gasteiger partial charge in [-0.2, -0.15) is 0 Å². The number of pyridine rings is 1.